The third-order valence-electron chi connectivity index (χ3n) is 4.12. The second-order valence-corrected chi connectivity index (χ2v) is 8.16. The molecule has 0 aromatic heterocycles. The van der Waals surface area contributed by atoms with Gasteiger partial charge in [0.05, 0.1) is 10.6 Å². The van der Waals surface area contributed by atoms with Crippen LogP contribution in [0, 0.1) is 10.8 Å². The van der Waals surface area contributed by atoms with Crippen molar-refractivity contribution < 1.29 is 9.90 Å². The van der Waals surface area contributed by atoms with Gasteiger partial charge in [0.2, 0.25) is 0 Å². The molecule has 0 saturated heterocycles. The molecule has 1 aromatic carbocycles. The first kappa shape index (κ1) is 16.2. The van der Waals surface area contributed by atoms with Crippen molar-refractivity contribution in [3.05, 3.63) is 28.8 Å². The minimum absolute atomic E-state index is 0.149. The fourth-order valence-electron chi connectivity index (χ4n) is 3.96. The van der Waals surface area contributed by atoms with Gasteiger partial charge in [-0.15, -0.1) is 0 Å². The number of aromatic carboxylic acids is 1. The van der Waals surface area contributed by atoms with Crippen LogP contribution in [0.5, 0.6) is 0 Å². The Labute approximate surface area is 131 Å². The summed E-state index contributed by atoms with van der Waals surface area (Å²) < 4.78 is 0. The van der Waals surface area contributed by atoms with E-state index in [1.165, 1.54) is 6.42 Å². The third kappa shape index (κ3) is 4.13. The van der Waals surface area contributed by atoms with Gasteiger partial charge >= 0.3 is 5.97 Å². The molecular weight excluding hydrogens is 286 g/mol. The van der Waals surface area contributed by atoms with Gasteiger partial charge in [-0.05, 0) is 48.3 Å². The number of hydrogen-bond donors (Lipinski definition) is 2. The van der Waals surface area contributed by atoms with Crippen LogP contribution >= 0.6 is 11.6 Å². The van der Waals surface area contributed by atoms with Crippen molar-refractivity contribution in [3.63, 3.8) is 0 Å². The number of carboxylic acid groups (broad SMARTS) is 1. The van der Waals surface area contributed by atoms with E-state index in [0.29, 0.717) is 16.9 Å². The number of benzene rings is 1. The Balaban J connectivity index is 2.18. The van der Waals surface area contributed by atoms with E-state index in [1.807, 2.05) is 6.07 Å². The molecule has 0 radical (unpaired) electrons. The van der Waals surface area contributed by atoms with Gasteiger partial charge in [0, 0.05) is 11.7 Å². The van der Waals surface area contributed by atoms with E-state index in [2.05, 4.69) is 33.0 Å². The number of halogens is 1. The maximum atomic E-state index is 11.2. The Morgan fingerprint density at radius 1 is 1.24 bits per heavy atom. The second kappa shape index (κ2) is 5.53. The maximum Gasteiger partial charge on any atom is 0.337 e. The number of anilines is 1. The van der Waals surface area contributed by atoms with Gasteiger partial charge in [-0.3, -0.25) is 0 Å². The van der Waals surface area contributed by atoms with Crippen LogP contribution in [0.1, 0.15) is 57.3 Å². The molecule has 0 bridgehead atoms. The zero-order valence-corrected chi connectivity index (χ0v) is 13.9. The molecule has 0 spiro atoms. The molecule has 3 nitrogen and oxygen atoms in total. The van der Waals surface area contributed by atoms with Crippen molar-refractivity contribution in [1.29, 1.82) is 0 Å². The summed E-state index contributed by atoms with van der Waals surface area (Å²) in [5.41, 5.74) is 1.56. The molecule has 1 aromatic rings. The molecule has 0 heterocycles. The van der Waals surface area contributed by atoms with Gasteiger partial charge < -0.3 is 10.4 Å². The molecule has 116 valence electrons. The van der Waals surface area contributed by atoms with Crippen molar-refractivity contribution in [3.8, 4) is 0 Å². The van der Waals surface area contributed by atoms with E-state index in [9.17, 15) is 4.79 Å². The molecule has 1 fully saturated rings. The molecule has 0 amide bonds. The van der Waals surface area contributed by atoms with Crippen molar-refractivity contribution in [2.45, 2.75) is 53.0 Å². The average molecular weight is 310 g/mol. The molecule has 1 saturated carbocycles. The fraction of sp³-hybridized carbons (Fsp3) is 0.588. The standard InChI is InChI=1S/C17H24ClNO2/c1-16(2)8-12(9-17(3,4)10-16)19-11-5-6-14(18)13(7-11)15(20)21/h5-7,12,19H,8-10H2,1-4H3,(H,20,21). The van der Waals surface area contributed by atoms with E-state index >= 15 is 0 Å². The zero-order chi connectivity index (χ0) is 15.8. The average Bonchev–Trinajstić information content (AvgIpc) is 2.27. The second-order valence-electron chi connectivity index (χ2n) is 7.75. The van der Waals surface area contributed by atoms with Crippen LogP contribution in [0.3, 0.4) is 0 Å². The normalized spacial score (nSPS) is 21.0. The predicted molar refractivity (Wildman–Crippen MR) is 87.2 cm³/mol. The van der Waals surface area contributed by atoms with E-state index in [0.717, 1.165) is 18.5 Å². The van der Waals surface area contributed by atoms with Gasteiger partial charge in [-0.2, -0.15) is 0 Å². The van der Waals surface area contributed by atoms with Crippen molar-refractivity contribution in [2.24, 2.45) is 10.8 Å². The predicted octanol–water partition coefficient (Wildman–Crippen LogP) is 5.06. The Morgan fingerprint density at radius 2 is 1.81 bits per heavy atom. The summed E-state index contributed by atoms with van der Waals surface area (Å²) in [4.78, 5) is 11.2. The first-order valence-corrected chi connectivity index (χ1v) is 7.75. The number of carbonyl (C=O) groups is 1. The summed E-state index contributed by atoms with van der Waals surface area (Å²) in [5, 5.41) is 12.9. The van der Waals surface area contributed by atoms with Crippen LogP contribution in [0.15, 0.2) is 18.2 Å². The molecular formula is C17H24ClNO2. The Hall–Kier alpha value is -1.22. The maximum absolute atomic E-state index is 11.2. The van der Waals surface area contributed by atoms with Crippen LogP contribution in [0.2, 0.25) is 5.02 Å². The van der Waals surface area contributed by atoms with Crippen LogP contribution in [0.4, 0.5) is 5.69 Å². The summed E-state index contributed by atoms with van der Waals surface area (Å²) in [6.45, 7) is 9.19. The molecule has 0 atom stereocenters. The Bertz CT molecular complexity index is 536. The highest BCUT2D eigenvalue weighted by Crippen LogP contribution is 2.46. The summed E-state index contributed by atoms with van der Waals surface area (Å²) in [7, 11) is 0. The summed E-state index contributed by atoms with van der Waals surface area (Å²) in [6, 6.07) is 5.47. The minimum Gasteiger partial charge on any atom is -0.478 e. The highest BCUT2D eigenvalue weighted by Gasteiger charge is 2.38. The quantitative estimate of drug-likeness (QED) is 0.821. The van der Waals surface area contributed by atoms with Gasteiger partial charge in [0.25, 0.3) is 0 Å². The Morgan fingerprint density at radius 3 is 2.33 bits per heavy atom. The Kier molecular flexibility index (Phi) is 4.25. The van der Waals surface area contributed by atoms with Gasteiger partial charge in [-0.1, -0.05) is 39.3 Å². The first-order valence-electron chi connectivity index (χ1n) is 7.37. The van der Waals surface area contributed by atoms with Crippen LogP contribution in [0.25, 0.3) is 0 Å². The van der Waals surface area contributed by atoms with E-state index in [4.69, 9.17) is 16.7 Å². The van der Waals surface area contributed by atoms with Crippen molar-refractivity contribution in [1.82, 2.24) is 0 Å². The number of carboxylic acids is 1. The molecule has 0 aliphatic heterocycles. The summed E-state index contributed by atoms with van der Waals surface area (Å²) in [6.07, 6.45) is 3.38. The highest BCUT2D eigenvalue weighted by atomic mass is 35.5. The largest absolute Gasteiger partial charge is 0.478 e. The monoisotopic (exact) mass is 309 g/mol. The van der Waals surface area contributed by atoms with Crippen LogP contribution in [-0.4, -0.2) is 17.1 Å². The molecule has 21 heavy (non-hydrogen) atoms. The first-order chi connectivity index (χ1) is 9.58. The number of hydrogen-bond acceptors (Lipinski definition) is 2. The fourth-order valence-corrected chi connectivity index (χ4v) is 4.16. The SMILES string of the molecule is CC1(C)CC(Nc2ccc(Cl)c(C(=O)O)c2)CC(C)(C)C1. The van der Waals surface area contributed by atoms with Crippen LogP contribution in [-0.2, 0) is 0 Å². The molecule has 2 N–H and O–H groups in total. The van der Waals surface area contributed by atoms with Gasteiger partial charge in [0.15, 0.2) is 0 Å². The van der Waals surface area contributed by atoms with Gasteiger partial charge in [-0.25, -0.2) is 4.79 Å². The minimum atomic E-state index is -0.993. The highest BCUT2D eigenvalue weighted by molar-refractivity contribution is 6.33. The number of nitrogens with one attached hydrogen (secondary N) is 1. The van der Waals surface area contributed by atoms with Gasteiger partial charge in [0.1, 0.15) is 0 Å². The molecule has 1 aliphatic rings. The lowest BCUT2D eigenvalue weighted by Crippen LogP contribution is -2.40. The van der Waals surface area contributed by atoms with E-state index in [1.54, 1.807) is 12.1 Å². The van der Waals surface area contributed by atoms with E-state index in [-0.39, 0.29) is 10.6 Å². The lowest BCUT2D eigenvalue weighted by Gasteiger charge is -2.45. The number of rotatable bonds is 3. The summed E-state index contributed by atoms with van der Waals surface area (Å²) >= 11 is 5.92. The lowest BCUT2D eigenvalue weighted by atomic mass is 9.63. The summed E-state index contributed by atoms with van der Waals surface area (Å²) in [5.74, 6) is -0.993. The topological polar surface area (TPSA) is 49.3 Å². The molecule has 1 aliphatic carbocycles. The van der Waals surface area contributed by atoms with Crippen molar-refractivity contribution in [2.75, 3.05) is 5.32 Å². The molecule has 0 unspecified atom stereocenters. The lowest BCUT2D eigenvalue weighted by molar-refractivity contribution is 0.0697. The van der Waals surface area contributed by atoms with Crippen molar-refractivity contribution >= 4 is 23.3 Å². The smallest absolute Gasteiger partial charge is 0.337 e. The third-order valence-corrected chi connectivity index (χ3v) is 4.45. The van der Waals surface area contributed by atoms with E-state index < -0.39 is 5.97 Å². The zero-order valence-electron chi connectivity index (χ0n) is 13.2. The van der Waals surface area contributed by atoms with Crippen LogP contribution < -0.4 is 5.32 Å². The molecule has 4 heteroatoms. The molecule has 2 rings (SSSR count).